The number of nitrogens with zero attached hydrogens (tertiary/aromatic N) is 4. The van der Waals surface area contributed by atoms with E-state index in [2.05, 4.69) is 25.7 Å². The molecule has 1 N–H and O–H groups in total. The Labute approximate surface area is 173 Å². The van der Waals surface area contributed by atoms with Crippen LogP contribution in [0, 0.1) is 13.8 Å². The third-order valence-electron chi connectivity index (χ3n) is 5.04. The van der Waals surface area contributed by atoms with Crippen LogP contribution in [0.4, 0.5) is 0 Å². The van der Waals surface area contributed by atoms with E-state index in [-0.39, 0.29) is 23.7 Å². The summed E-state index contributed by atoms with van der Waals surface area (Å²) >= 11 is 0. The zero-order valence-corrected chi connectivity index (χ0v) is 17.1. The highest BCUT2D eigenvalue weighted by Crippen LogP contribution is 2.26. The van der Waals surface area contributed by atoms with Gasteiger partial charge in [0.25, 0.3) is 5.91 Å². The van der Waals surface area contributed by atoms with E-state index in [1.807, 2.05) is 32.9 Å². The molecule has 9 heteroatoms. The van der Waals surface area contributed by atoms with Crippen LogP contribution in [0.15, 0.2) is 35.0 Å². The van der Waals surface area contributed by atoms with Crippen molar-refractivity contribution >= 4 is 5.91 Å². The Morgan fingerprint density at radius 3 is 2.77 bits per heavy atom. The highest BCUT2D eigenvalue weighted by atomic mass is 16.5. The smallest absolute Gasteiger partial charge is 0.272 e. The maximum Gasteiger partial charge on any atom is 0.272 e. The van der Waals surface area contributed by atoms with E-state index in [4.69, 9.17) is 14.0 Å². The molecule has 0 aliphatic carbocycles. The molecule has 0 radical (unpaired) electrons. The summed E-state index contributed by atoms with van der Waals surface area (Å²) in [5.41, 5.74) is 3.10. The fourth-order valence-corrected chi connectivity index (χ4v) is 3.16. The molecular formula is C21H23N5O4. The second-order valence-electron chi connectivity index (χ2n) is 7.62. The van der Waals surface area contributed by atoms with Gasteiger partial charge in [-0.25, -0.2) is 0 Å². The third-order valence-corrected chi connectivity index (χ3v) is 5.04. The molecular weight excluding hydrogens is 386 g/mol. The molecule has 30 heavy (non-hydrogen) atoms. The van der Waals surface area contributed by atoms with Crippen molar-refractivity contribution in [3.8, 4) is 17.1 Å². The van der Waals surface area contributed by atoms with E-state index in [0.717, 1.165) is 23.2 Å². The first-order valence-electron chi connectivity index (χ1n) is 9.68. The van der Waals surface area contributed by atoms with Crippen LogP contribution in [-0.4, -0.2) is 45.0 Å². The van der Waals surface area contributed by atoms with Gasteiger partial charge in [0.15, 0.2) is 5.69 Å². The summed E-state index contributed by atoms with van der Waals surface area (Å²) in [5, 5.41) is 15.1. The summed E-state index contributed by atoms with van der Waals surface area (Å²) in [4.78, 5) is 16.7. The van der Waals surface area contributed by atoms with Crippen LogP contribution in [0.1, 0.15) is 40.9 Å². The van der Waals surface area contributed by atoms with Crippen molar-refractivity contribution in [3.05, 3.63) is 53.2 Å². The van der Waals surface area contributed by atoms with Crippen molar-refractivity contribution in [1.29, 1.82) is 0 Å². The number of aryl methyl sites for hydroxylation is 2. The van der Waals surface area contributed by atoms with E-state index in [1.54, 1.807) is 18.3 Å². The van der Waals surface area contributed by atoms with E-state index >= 15 is 0 Å². The van der Waals surface area contributed by atoms with Gasteiger partial charge in [0.05, 0.1) is 17.7 Å². The predicted octanol–water partition coefficient (Wildman–Crippen LogP) is 2.63. The quantitative estimate of drug-likeness (QED) is 0.661. The number of pyridine rings is 1. The average Bonchev–Trinajstić information content (AvgIpc) is 3.33. The minimum absolute atomic E-state index is 0.203. The van der Waals surface area contributed by atoms with Gasteiger partial charge in [0.2, 0.25) is 5.88 Å². The second-order valence-corrected chi connectivity index (χ2v) is 7.62. The molecule has 0 bridgehead atoms. The van der Waals surface area contributed by atoms with Gasteiger partial charge < -0.3 is 19.3 Å². The Morgan fingerprint density at radius 1 is 1.23 bits per heavy atom. The Morgan fingerprint density at radius 2 is 2.10 bits per heavy atom. The molecule has 0 spiro atoms. The van der Waals surface area contributed by atoms with Crippen LogP contribution in [0.5, 0.6) is 5.88 Å². The first-order valence-corrected chi connectivity index (χ1v) is 9.68. The number of rotatable bonds is 6. The molecule has 4 rings (SSSR count). The lowest BCUT2D eigenvalue weighted by Gasteiger charge is -2.22. The first kappa shape index (κ1) is 20.0. The number of hydrogen-bond acceptors (Lipinski definition) is 8. The number of hydrogen-bond donors (Lipinski definition) is 1. The molecule has 1 amide bonds. The van der Waals surface area contributed by atoms with E-state index in [1.165, 1.54) is 0 Å². The molecule has 156 valence electrons. The van der Waals surface area contributed by atoms with Crippen molar-refractivity contribution in [2.75, 3.05) is 13.2 Å². The topological polar surface area (TPSA) is 112 Å². The number of carbonyl (C=O) groups is 1. The molecule has 0 aromatic carbocycles. The number of nitrogens with one attached hydrogen (secondary N) is 1. The second kappa shape index (κ2) is 8.19. The van der Waals surface area contributed by atoms with Gasteiger partial charge in [0, 0.05) is 30.1 Å². The van der Waals surface area contributed by atoms with Gasteiger partial charge in [-0.05, 0) is 45.4 Å². The number of aromatic nitrogens is 4. The van der Waals surface area contributed by atoms with Crippen LogP contribution in [0.2, 0.25) is 0 Å². The number of amides is 1. The lowest BCUT2D eigenvalue weighted by Crippen LogP contribution is -2.46. The maximum absolute atomic E-state index is 12.4. The summed E-state index contributed by atoms with van der Waals surface area (Å²) in [5.74, 6) is 0.670. The summed E-state index contributed by atoms with van der Waals surface area (Å²) in [6.45, 7) is 7.03. The fourth-order valence-electron chi connectivity index (χ4n) is 3.16. The minimum atomic E-state index is -0.374. The van der Waals surface area contributed by atoms with Crippen molar-refractivity contribution in [2.24, 2.45) is 0 Å². The molecule has 0 unspecified atom stereocenters. The molecule has 0 saturated carbocycles. The summed E-state index contributed by atoms with van der Waals surface area (Å²) in [6, 6.07) is 7.05. The number of carbonyl (C=O) groups excluding carboxylic acids is 1. The number of ether oxygens (including phenoxy) is 2. The summed E-state index contributed by atoms with van der Waals surface area (Å²) < 4.78 is 16.4. The van der Waals surface area contributed by atoms with Crippen molar-refractivity contribution in [1.82, 2.24) is 25.7 Å². The van der Waals surface area contributed by atoms with Crippen LogP contribution in [-0.2, 0) is 11.3 Å². The van der Waals surface area contributed by atoms with Gasteiger partial charge in [-0.2, -0.15) is 0 Å². The monoisotopic (exact) mass is 409 g/mol. The third kappa shape index (κ3) is 4.30. The molecule has 4 heterocycles. The van der Waals surface area contributed by atoms with Crippen molar-refractivity contribution in [2.45, 2.75) is 39.3 Å². The average molecular weight is 409 g/mol. The van der Waals surface area contributed by atoms with Crippen LogP contribution in [0.3, 0.4) is 0 Å². The van der Waals surface area contributed by atoms with Crippen molar-refractivity contribution in [3.63, 3.8) is 0 Å². The highest BCUT2D eigenvalue weighted by Gasteiger charge is 2.32. The molecule has 9 nitrogen and oxygen atoms in total. The Bertz CT molecular complexity index is 1020. The lowest BCUT2D eigenvalue weighted by atomic mass is 10.0. The van der Waals surface area contributed by atoms with E-state index in [9.17, 15) is 4.79 Å². The highest BCUT2D eigenvalue weighted by molar-refractivity contribution is 5.92. The normalized spacial score (nSPS) is 18.4. The molecule has 1 aliphatic rings. The lowest BCUT2D eigenvalue weighted by molar-refractivity contribution is 0.0883. The molecule has 1 saturated heterocycles. The van der Waals surface area contributed by atoms with Crippen LogP contribution >= 0.6 is 0 Å². The standard InChI is InChI=1S/C21H23N5O4/c1-13-4-5-15(10-22-13)19-16(14(2)30-26-19)11-29-18-7-6-17(24-25-18)20(27)23-21(3)8-9-28-12-21/h4-7,10H,8-9,11-12H2,1-3H3,(H,23,27)/t21-/m1/s1. The van der Waals surface area contributed by atoms with Gasteiger partial charge in [-0.3, -0.25) is 9.78 Å². The molecule has 3 aromatic rings. The van der Waals surface area contributed by atoms with Gasteiger partial charge in [-0.15, -0.1) is 10.2 Å². The summed E-state index contributed by atoms with van der Waals surface area (Å²) in [7, 11) is 0. The van der Waals surface area contributed by atoms with Crippen molar-refractivity contribution < 1.29 is 18.8 Å². The predicted molar refractivity (Wildman–Crippen MR) is 107 cm³/mol. The minimum Gasteiger partial charge on any atom is -0.472 e. The Hall–Kier alpha value is -3.33. The first-order chi connectivity index (χ1) is 14.4. The van der Waals surface area contributed by atoms with Gasteiger partial charge in [0.1, 0.15) is 18.1 Å². The molecule has 1 aliphatic heterocycles. The van der Waals surface area contributed by atoms with E-state index in [0.29, 0.717) is 30.5 Å². The Balaban J connectivity index is 1.42. The molecule has 1 atom stereocenters. The van der Waals surface area contributed by atoms with Crippen LogP contribution < -0.4 is 10.1 Å². The molecule has 3 aromatic heterocycles. The molecule has 1 fully saturated rings. The fraction of sp³-hybridized carbons (Fsp3) is 0.381. The van der Waals surface area contributed by atoms with Crippen LogP contribution in [0.25, 0.3) is 11.3 Å². The van der Waals surface area contributed by atoms with Gasteiger partial charge in [-0.1, -0.05) is 5.16 Å². The summed E-state index contributed by atoms with van der Waals surface area (Å²) in [6.07, 6.45) is 2.52. The SMILES string of the molecule is Cc1ccc(-c2noc(C)c2COc2ccc(C(=O)N[C@]3(C)CCOC3)nn2)cn1. The van der Waals surface area contributed by atoms with Gasteiger partial charge >= 0.3 is 0 Å². The Kier molecular flexibility index (Phi) is 5.45. The zero-order chi connectivity index (χ0) is 21.1. The van der Waals surface area contributed by atoms with E-state index < -0.39 is 0 Å². The maximum atomic E-state index is 12.4. The zero-order valence-electron chi connectivity index (χ0n) is 17.1. The largest absolute Gasteiger partial charge is 0.472 e.